The number of nitrogens with one attached hydrogen (secondary N) is 1. The van der Waals surface area contributed by atoms with E-state index in [2.05, 4.69) is 38.4 Å². The lowest BCUT2D eigenvalue weighted by Gasteiger charge is -2.21. The normalized spacial score (nSPS) is 11.7. The van der Waals surface area contributed by atoms with Crippen LogP contribution < -0.4 is 0 Å². The predicted octanol–water partition coefficient (Wildman–Crippen LogP) is 4.68. The van der Waals surface area contributed by atoms with Crippen molar-refractivity contribution >= 4 is 22.4 Å². The first-order valence-electron chi connectivity index (χ1n) is 7.24. The van der Waals surface area contributed by atoms with Crippen LogP contribution in [0.25, 0.3) is 16.5 Å². The van der Waals surface area contributed by atoms with E-state index in [0.29, 0.717) is 12.3 Å². The van der Waals surface area contributed by atoms with Crippen LogP contribution in [0.3, 0.4) is 0 Å². The standard InChI is InChI=1S/C18H23NO2/c1-7-21-17(20)16-10-13-14(18(4,5)6)8-12(11(2)3)9-15(13)19-16/h8-10,19H,2,7H2,1,3-6H3. The van der Waals surface area contributed by atoms with E-state index in [0.717, 1.165) is 22.0 Å². The molecule has 1 heterocycles. The van der Waals surface area contributed by atoms with E-state index in [1.807, 2.05) is 19.1 Å². The van der Waals surface area contributed by atoms with Gasteiger partial charge in [-0.3, -0.25) is 0 Å². The summed E-state index contributed by atoms with van der Waals surface area (Å²) in [5.41, 5.74) is 4.72. The zero-order valence-electron chi connectivity index (χ0n) is 13.5. The van der Waals surface area contributed by atoms with Crippen molar-refractivity contribution in [3.63, 3.8) is 0 Å². The van der Waals surface area contributed by atoms with Crippen molar-refractivity contribution in [2.24, 2.45) is 0 Å². The lowest BCUT2D eigenvalue weighted by atomic mass is 9.83. The molecule has 0 aliphatic heterocycles. The van der Waals surface area contributed by atoms with Gasteiger partial charge >= 0.3 is 5.97 Å². The second-order valence-electron chi connectivity index (χ2n) is 6.42. The van der Waals surface area contributed by atoms with Crippen LogP contribution in [0, 0.1) is 0 Å². The Kier molecular flexibility index (Phi) is 3.95. The third-order valence-electron chi connectivity index (χ3n) is 3.53. The van der Waals surface area contributed by atoms with Crippen LogP contribution in [0.2, 0.25) is 0 Å². The van der Waals surface area contributed by atoms with Crippen molar-refractivity contribution in [3.8, 4) is 0 Å². The number of hydrogen-bond acceptors (Lipinski definition) is 2. The Morgan fingerprint density at radius 3 is 2.48 bits per heavy atom. The SMILES string of the molecule is C=C(C)c1cc(C(C)(C)C)c2cc(C(=O)OCC)[nH]c2c1. The molecule has 0 aliphatic carbocycles. The number of allylic oxidation sites excluding steroid dienone is 1. The van der Waals surface area contributed by atoms with Gasteiger partial charge in [0.05, 0.1) is 6.61 Å². The van der Waals surface area contributed by atoms with Crippen molar-refractivity contribution in [1.29, 1.82) is 0 Å². The summed E-state index contributed by atoms with van der Waals surface area (Å²) in [6, 6.07) is 6.08. The molecule has 0 saturated carbocycles. The van der Waals surface area contributed by atoms with Crippen molar-refractivity contribution in [1.82, 2.24) is 4.98 Å². The van der Waals surface area contributed by atoms with Crippen molar-refractivity contribution in [2.75, 3.05) is 6.61 Å². The summed E-state index contributed by atoms with van der Waals surface area (Å²) in [7, 11) is 0. The molecule has 2 aromatic rings. The van der Waals surface area contributed by atoms with Crippen molar-refractivity contribution < 1.29 is 9.53 Å². The van der Waals surface area contributed by atoms with Crippen LogP contribution in [0.4, 0.5) is 0 Å². The first-order valence-corrected chi connectivity index (χ1v) is 7.24. The zero-order valence-corrected chi connectivity index (χ0v) is 13.5. The predicted molar refractivity (Wildman–Crippen MR) is 87.7 cm³/mol. The monoisotopic (exact) mass is 285 g/mol. The van der Waals surface area contributed by atoms with E-state index < -0.39 is 0 Å². The Morgan fingerprint density at radius 1 is 1.29 bits per heavy atom. The van der Waals surface area contributed by atoms with Crippen molar-refractivity contribution in [3.05, 3.63) is 41.6 Å². The Bertz CT molecular complexity index is 702. The summed E-state index contributed by atoms with van der Waals surface area (Å²) in [6.07, 6.45) is 0. The highest BCUT2D eigenvalue weighted by Gasteiger charge is 2.21. The molecule has 112 valence electrons. The van der Waals surface area contributed by atoms with Gasteiger partial charge in [-0.2, -0.15) is 0 Å². The maximum absolute atomic E-state index is 11.9. The van der Waals surface area contributed by atoms with E-state index in [1.54, 1.807) is 6.92 Å². The summed E-state index contributed by atoms with van der Waals surface area (Å²) >= 11 is 0. The van der Waals surface area contributed by atoms with Gasteiger partial charge in [0, 0.05) is 10.9 Å². The van der Waals surface area contributed by atoms with Crippen LogP contribution in [-0.4, -0.2) is 17.6 Å². The first-order chi connectivity index (χ1) is 9.74. The molecular formula is C18H23NO2. The third kappa shape index (κ3) is 3.02. The molecule has 0 aliphatic rings. The average molecular weight is 285 g/mol. The van der Waals surface area contributed by atoms with E-state index in [1.165, 1.54) is 5.56 Å². The Labute approximate surface area is 126 Å². The summed E-state index contributed by atoms with van der Waals surface area (Å²) in [5, 5.41) is 1.07. The number of carbonyl (C=O) groups excluding carboxylic acids is 1. The number of benzene rings is 1. The van der Waals surface area contributed by atoms with Gasteiger partial charge in [-0.1, -0.05) is 39.0 Å². The van der Waals surface area contributed by atoms with Crippen LogP contribution in [0.5, 0.6) is 0 Å². The molecule has 3 nitrogen and oxygen atoms in total. The minimum absolute atomic E-state index is 0.0160. The second-order valence-corrected chi connectivity index (χ2v) is 6.42. The third-order valence-corrected chi connectivity index (χ3v) is 3.53. The fourth-order valence-corrected chi connectivity index (χ4v) is 2.42. The molecule has 0 spiro atoms. The van der Waals surface area contributed by atoms with Gasteiger partial charge in [-0.15, -0.1) is 0 Å². The van der Waals surface area contributed by atoms with Gasteiger partial charge < -0.3 is 9.72 Å². The molecule has 0 bridgehead atoms. The molecule has 0 radical (unpaired) electrons. The van der Waals surface area contributed by atoms with Gasteiger partial charge in [0.25, 0.3) is 0 Å². The molecule has 1 N–H and O–H groups in total. The highest BCUT2D eigenvalue weighted by atomic mass is 16.5. The lowest BCUT2D eigenvalue weighted by Crippen LogP contribution is -2.11. The molecule has 0 atom stereocenters. The van der Waals surface area contributed by atoms with Crippen LogP contribution in [0.1, 0.15) is 56.2 Å². The van der Waals surface area contributed by atoms with Gasteiger partial charge in [0.2, 0.25) is 0 Å². The minimum atomic E-state index is -0.314. The minimum Gasteiger partial charge on any atom is -0.461 e. The number of esters is 1. The number of fused-ring (bicyclic) bond motifs is 1. The Balaban J connectivity index is 2.69. The molecule has 0 saturated heterocycles. The maximum atomic E-state index is 11.9. The number of hydrogen-bond donors (Lipinski definition) is 1. The van der Waals surface area contributed by atoms with E-state index in [4.69, 9.17) is 4.74 Å². The van der Waals surface area contributed by atoms with Crippen LogP contribution in [-0.2, 0) is 10.2 Å². The summed E-state index contributed by atoms with van der Waals surface area (Å²) in [4.78, 5) is 15.1. The van der Waals surface area contributed by atoms with Gasteiger partial charge in [0.1, 0.15) is 5.69 Å². The number of carbonyl (C=O) groups is 1. The average Bonchev–Trinajstić information content (AvgIpc) is 2.80. The smallest absolute Gasteiger partial charge is 0.354 e. The quantitative estimate of drug-likeness (QED) is 0.832. The van der Waals surface area contributed by atoms with Gasteiger partial charge in [0.15, 0.2) is 0 Å². The number of aromatic amines is 1. The van der Waals surface area contributed by atoms with E-state index >= 15 is 0 Å². The van der Waals surface area contributed by atoms with Gasteiger partial charge in [-0.25, -0.2) is 4.79 Å². The fraction of sp³-hybridized carbons (Fsp3) is 0.389. The zero-order chi connectivity index (χ0) is 15.8. The number of rotatable bonds is 3. The van der Waals surface area contributed by atoms with Gasteiger partial charge in [-0.05, 0) is 42.5 Å². The molecule has 0 fully saturated rings. The molecule has 3 heteroatoms. The highest BCUT2D eigenvalue weighted by Crippen LogP contribution is 2.33. The van der Waals surface area contributed by atoms with E-state index in [9.17, 15) is 4.79 Å². The fourth-order valence-electron chi connectivity index (χ4n) is 2.42. The molecule has 21 heavy (non-hydrogen) atoms. The first kappa shape index (κ1) is 15.4. The molecule has 1 aromatic carbocycles. The summed E-state index contributed by atoms with van der Waals surface area (Å²) < 4.78 is 5.07. The molecule has 0 unspecified atom stereocenters. The van der Waals surface area contributed by atoms with Crippen LogP contribution in [0.15, 0.2) is 24.8 Å². The topological polar surface area (TPSA) is 42.1 Å². The van der Waals surface area contributed by atoms with Crippen molar-refractivity contribution in [2.45, 2.75) is 40.0 Å². The Hall–Kier alpha value is -2.03. The number of H-pyrrole nitrogens is 1. The summed E-state index contributed by atoms with van der Waals surface area (Å²) in [6.45, 7) is 14.7. The maximum Gasteiger partial charge on any atom is 0.354 e. The van der Waals surface area contributed by atoms with Crippen LogP contribution >= 0.6 is 0 Å². The second kappa shape index (κ2) is 5.40. The number of ether oxygens (including phenoxy) is 1. The number of aromatic nitrogens is 1. The largest absolute Gasteiger partial charge is 0.461 e. The summed E-state index contributed by atoms with van der Waals surface area (Å²) in [5.74, 6) is -0.314. The van der Waals surface area contributed by atoms with E-state index in [-0.39, 0.29) is 11.4 Å². The lowest BCUT2D eigenvalue weighted by molar-refractivity contribution is 0.0520. The Morgan fingerprint density at radius 2 is 1.95 bits per heavy atom. The molecule has 0 amide bonds. The molecule has 1 aromatic heterocycles. The molecule has 2 rings (SSSR count). The highest BCUT2D eigenvalue weighted by molar-refractivity contribution is 5.97. The molecular weight excluding hydrogens is 262 g/mol.